The Labute approximate surface area is 126 Å². The van der Waals surface area contributed by atoms with Gasteiger partial charge in [-0.2, -0.15) is 0 Å². The molecular weight excluding hydrogens is 278 g/mol. The van der Waals surface area contributed by atoms with Crippen LogP contribution in [0.1, 0.15) is 18.6 Å². The van der Waals surface area contributed by atoms with E-state index < -0.39 is 6.10 Å². The van der Waals surface area contributed by atoms with Crippen LogP contribution in [0.2, 0.25) is 0 Å². The van der Waals surface area contributed by atoms with Crippen LogP contribution >= 0.6 is 0 Å². The summed E-state index contributed by atoms with van der Waals surface area (Å²) in [6, 6.07) is 15.1. The summed E-state index contributed by atoms with van der Waals surface area (Å²) < 4.78 is 0. The molecule has 4 rings (SSSR count). The highest BCUT2D eigenvalue weighted by Crippen LogP contribution is 2.41. The Balaban J connectivity index is 2.36. The summed E-state index contributed by atoms with van der Waals surface area (Å²) in [6.45, 7) is 1.63. The summed E-state index contributed by atoms with van der Waals surface area (Å²) >= 11 is 0. The topological polar surface area (TPSA) is 63.4 Å². The Kier molecular flexibility index (Phi) is 2.59. The van der Waals surface area contributed by atoms with Gasteiger partial charge >= 0.3 is 0 Å². The third-order valence-corrected chi connectivity index (χ3v) is 4.30. The van der Waals surface area contributed by atoms with E-state index in [9.17, 15) is 15.2 Å². The summed E-state index contributed by atoms with van der Waals surface area (Å²) in [5.74, 6) is 0. The van der Waals surface area contributed by atoms with Crippen molar-refractivity contribution in [1.82, 2.24) is 0 Å². The molecule has 0 bridgehead atoms. The Morgan fingerprint density at radius 2 is 1.64 bits per heavy atom. The first-order chi connectivity index (χ1) is 10.6. The van der Waals surface area contributed by atoms with Crippen LogP contribution < -0.4 is 0 Å². The van der Waals surface area contributed by atoms with E-state index in [1.807, 2.05) is 36.4 Å². The van der Waals surface area contributed by atoms with Gasteiger partial charge in [-0.25, -0.2) is 0 Å². The number of nitro benzene ring substituents is 1. The number of hydrogen-bond acceptors (Lipinski definition) is 3. The summed E-state index contributed by atoms with van der Waals surface area (Å²) in [6.07, 6.45) is -0.761. The van der Waals surface area contributed by atoms with E-state index in [2.05, 4.69) is 0 Å². The maximum atomic E-state index is 11.4. The van der Waals surface area contributed by atoms with Gasteiger partial charge < -0.3 is 5.11 Å². The summed E-state index contributed by atoms with van der Waals surface area (Å²) in [7, 11) is 0. The number of nitrogens with zero attached hydrogens (tertiary/aromatic N) is 1. The predicted molar refractivity (Wildman–Crippen MR) is 87.4 cm³/mol. The number of hydrogen-bond donors (Lipinski definition) is 1. The van der Waals surface area contributed by atoms with Crippen LogP contribution in [0.5, 0.6) is 0 Å². The van der Waals surface area contributed by atoms with Gasteiger partial charge in [-0.1, -0.05) is 36.4 Å². The fraction of sp³-hybridized carbons (Fsp3) is 0.111. The van der Waals surface area contributed by atoms with Crippen molar-refractivity contribution in [3.05, 3.63) is 64.2 Å². The predicted octanol–water partition coefficient (Wildman–Crippen LogP) is 4.55. The zero-order chi connectivity index (χ0) is 15.4. The van der Waals surface area contributed by atoms with Crippen molar-refractivity contribution in [1.29, 1.82) is 0 Å². The summed E-state index contributed by atoms with van der Waals surface area (Å²) in [4.78, 5) is 11.1. The van der Waals surface area contributed by atoms with E-state index in [0.717, 1.165) is 26.9 Å². The van der Waals surface area contributed by atoms with Gasteiger partial charge in [-0.05, 0) is 40.1 Å². The molecule has 4 aromatic carbocycles. The first-order valence-electron chi connectivity index (χ1n) is 7.11. The molecule has 1 atom stereocenters. The molecule has 108 valence electrons. The molecule has 0 aliphatic rings. The fourth-order valence-electron chi connectivity index (χ4n) is 3.34. The van der Waals surface area contributed by atoms with Gasteiger partial charge in [0.15, 0.2) is 0 Å². The second-order valence-electron chi connectivity index (χ2n) is 5.60. The zero-order valence-electron chi connectivity index (χ0n) is 11.9. The van der Waals surface area contributed by atoms with Crippen molar-refractivity contribution in [3.63, 3.8) is 0 Å². The molecular formula is C18H13NO3. The van der Waals surface area contributed by atoms with E-state index in [-0.39, 0.29) is 10.6 Å². The van der Waals surface area contributed by atoms with E-state index in [1.54, 1.807) is 13.0 Å². The van der Waals surface area contributed by atoms with Gasteiger partial charge in [-0.15, -0.1) is 0 Å². The van der Waals surface area contributed by atoms with Crippen LogP contribution in [0, 0.1) is 10.1 Å². The summed E-state index contributed by atoms with van der Waals surface area (Å²) in [5.41, 5.74) is 0.638. The average molecular weight is 291 g/mol. The largest absolute Gasteiger partial charge is 0.389 e. The van der Waals surface area contributed by atoms with Crippen molar-refractivity contribution < 1.29 is 10.0 Å². The Morgan fingerprint density at radius 3 is 2.23 bits per heavy atom. The smallest absolute Gasteiger partial charge is 0.277 e. The lowest BCUT2D eigenvalue weighted by Crippen LogP contribution is -1.98. The lowest BCUT2D eigenvalue weighted by atomic mass is 9.90. The van der Waals surface area contributed by atoms with E-state index in [4.69, 9.17) is 0 Å². The van der Waals surface area contributed by atoms with Gasteiger partial charge in [-0.3, -0.25) is 10.1 Å². The van der Waals surface area contributed by atoms with Gasteiger partial charge in [0, 0.05) is 11.5 Å². The molecule has 4 nitrogen and oxygen atoms in total. The van der Waals surface area contributed by atoms with Crippen LogP contribution in [0.15, 0.2) is 48.5 Å². The van der Waals surface area contributed by atoms with E-state index in [0.29, 0.717) is 10.9 Å². The molecule has 0 amide bonds. The lowest BCUT2D eigenvalue weighted by molar-refractivity contribution is -0.383. The minimum Gasteiger partial charge on any atom is -0.389 e. The minimum absolute atomic E-state index is 0.0432. The molecule has 0 saturated heterocycles. The first kappa shape index (κ1) is 13.0. The molecule has 0 spiro atoms. The van der Waals surface area contributed by atoms with Gasteiger partial charge in [0.05, 0.1) is 16.4 Å². The Hall–Kier alpha value is -2.72. The molecule has 4 aromatic rings. The maximum absolute atomic E-state index is 11.4. The first-order valence-corrected chi connectivity index (χ1v) is 7.11. The van der Waals surface area contributed by atoms with Crippen LogP contribution in [0.3, 0.4) is 0 Å². The Morgan fingerprint density at radius 1 is 1.00 bits per heavy atom. The maximum Gasteiger partial charge on any atom is 0.277 e. The van der Waals surface area contributed by atoms with Crippen LogP contribution in [0.25, 0.3) is 32.3 Å². The SMILES string of the molecule is CC(O)c1cc([N+](=O)[O-])c2ccc3cccc4ccc1c2c43. The van der Waals surface area contributed by atoms with Crippen molar-refractivity contribution >= 4 is 38.0 Å². The third kappa shape index (κ3) is 1.61. The van der Waals surface area contributed by atoms with Crippen molar-refractivity contribution in [2.75, 3.05) is 0 Å². The standard InChI is InChI=1S/C18H13NO3/c1-10(20)15-9-16(19(21)22)14-8-6-12-4-2-3-11-5-7-13(15)18(14)17(11)12/h2-10,20H,1H3. The van der Waals surface area contributed by atoms with Gasteiger partial charge in [0.1, 0.15) is 0 Å². The lowest BCUT2D eigenvalue weighted by Gasteiger charge is -2.15. The van der Waals surface area contributed by atoms with Crippen LogP contribution in [-0.2, 0) is 0 Å². The molecule has 0 saturated carbocycles. The molecule has 0 aliphatic heterocycles. The quantitative estimate of drug-likeness (QED) is 0.335. The number of aliphatic hydroxyl groups is 1. The molecule has 1 unspecified atom stereocenters. The molecule has 0 radical (unpaired) electrons. The van der Waals surface area contributed by atoms with Gasteiger partial charge in [0.25, 0.3) is 5.69 Å². The van der Waals surface area contributed by atoms with E-state index >= 15 is 0 Å². The number of aliphatic hydroxyl groups excluding tert-OH is 1. The van der Waals surface area contributed by atoms with Crippen molar-refractivity contribution in [3.8, 4) is 0 Å². The molecule has 22 heavy (non-hydrogen) atoms. The van der Waals surface area contributed by atoms with Crippen LogP contribution in [0.4, 0.5) is 5.69 Å². The second-order valence-corrected chi connectivity index (χ2v) is 5.60. The highest BCUT2D eigenvalue weighted by atomic mass is 16.6. The molecule has 0 fully saturated rings. The number of non-ortho nitro benzene ring substituents is 1. The monoisotopic (exact) mass is 291 g/mol. The molecule has 4 heteroatoms. The number of nitro groups is 1. The van der Waals surface area contributed by atoms with Crippen molar-refractivity contribution in [2.24, 2.45) is 0 Å². The zero-order valence-corrected chi connectivity index (χ0v) is 11.9. The fourth-order valence-corrected chi connectivity index (χ4v) is 3.34. The van der Waals surface area contributed by atoms with Crippen molar-refractivity contribution in [2.45, 2.75) is 13.0 Å². The van der Waals surface area contributed by atoms with Gasteiger partial charge in [0.2, 0.25) is 0 Å². The van der Waals surface area contributed by atoms with E-state index in [1.165, 1.54) is 6.07 Å². The highest BCUT2D eigenvalue weighted by Gasteiger charge is 2.21. The van der Waals surface area contributed by atoms with Crippen LogP contribution in [-0.4, -0.2) is 10.0 Å². The second kappa shape index (κ2) is 4.39. The molecule has 1 N–H and O–H groups in total. The Bertz CT molecular complexity index is 1020. The molecule has 0 aliphatic carbocycles. The number of benzene rings is 4. The molecule has 0 heterocycles. The molecule has 0 aromatic heterocycles. The normalized spacial score (nSPS) is 13.2. The number of rotatable bonds is 2. The minimum atomic E-state index is -0.761. The highest BCUT2D eigenvalue weighted by molar-refractivity contribution is 6.25. The average Bonchev–Trinajstić information content (AvgIpc) is 2.51. The summed E-state index contributed by atoms with van der Waals surface area (Å²) in [5, 5.41) is 27.0. The third-order valence-electron chi connectivity index (χ3n) is 4.30.